The molecule has 0 amide bonds. The van der Waals surface area contributed by atoms with E-state index in [1.165, 1.54) is 13.0 Å². The minimum Gasteiger partial charge on any atom is -0.493 e. The first-order chi connectivity index (χ1) is 15.9. The number of benzene rings is 2. The Labute approximate surface area is 193 Å². The molecule has 0 radical (unpaired) electrons. The molecule has 3 rings (SSSR count). The smallest absolute Gasteiger partial charge is 0.420 e. The second-order valence-corrected chi connectivity index (χ2v) is 8.63. The molecule has 0 unspecified atom stereocenters. The maximum absolute atomic E-state index is 15.1. The van der Waals surface area contributed by atoms with Crippen molar-refractivity contribution in [1.82, 2.24) is 0 Å². The summed E-state index contributed by atoms with van der Waals surface area (Å²) in [5.74, 6) is -3.70. The van der Waals surface area contributed by atoms with E-state index in [2.05, 4.69) is 6.92 Å². The fraction of sp³-hybridized carbons (Fsp3) is 0.520. The highest BCUT2D eigenvalue weighted by atomic mass is 19.4. The van der Waals surface area contributed by atoms with Gasteiger partial charge in [-0.3, -0.25) is 0 Å². The first-order valence-corrected chi connectivity index (χ1v) is 11.3. The molecule has 0 aliphatic heterocycles. The molecule has 0 N–H and O–H groups in total. The van der Waals surface area contributed by atoms with Gasteiger partial charge < -0.3 is 4.74 Å². The van der Waals surface area contributed by atoms with E-state index in [0.29, 0.717) is 30.9 Å². The normalized spacial score (nSPS) is 19.4. The third-order valence-electron chi connectivity index (χ3n) is 6.42. The van der Waals surface area contributed by atoms with E-state index in [-0.39, 0.29) is 18.1 Å². The van der Waals surface area contributed by atoms with Gasteiger partial charge in [0.25, 0.3) is 0 Å². The van der Waals surface area contributed by atoms with Crippen LogP contribution in [0.5, 0.6) is 5.75 Å². The molecule has 0 heterocycles. The summed E-state index contributed by atoms with van der Waals surface area (Å²) >= 11 is 0. The first-order valence-electron chi connectivity index (χ1n) is 11.3. The number of hydrogen-bond donors (Lipinski definition) is 0. The van der Waals surface area contributed by atoms with Crippen molar-refractivity contribution in [3.8, 4) is 16.9 Å². The molecule has 9 heteroatoms. The van der Waals surface area contributed by atoms with Gasteiger partial charge in [0.05, 0.1) is 12.2 Å². The van der Waals surface area contributed by atoms with Gasteiger partial charge in [0, 0.05) is 5.56 Å². The minimum atomic E-state index is -5.49. The maximum atomic E-state index is 15.1. The van der Waals surface area contributed by atoms with Gasteiger partial charge in [0.1, 0.15) is 11.3 Å². The van der Waals surface area contributed by atoms with Crippen molar-refractivity contribution in [2.45, 2.75) is 70.6 Å². The van der Waals surface area contributed by atoms with Crippen LogP contribution in [0.4, 0.5) is 35.1 Å². The average molecular weight is 494 g/mol. The molecule has 0 saturated heterocycles. The summed E-state index contributed by atoms with van der Waals surface area (Å²) < 4.78 is 118. The topological polar surface area (TPSA) is 9.23 Å². The molecule has 1 aliphatic carbocycles. The Kier molecular flexibility index (Phi) is 7.82. The number of halogens is 8. The van der Waals surface area contributed by atoms with E-state index in [1.54, 1.807) is 0 Å². The molecular formula is C25H26F8O. The van der Waals surface area contributed by atoms with Crippen LogP contribution < -0.4 is 4.74 Å². The Morgan fingerprint density at radius 3 is 1.88 bits per heavy atom. The maximum Gasteiger partial charge on any atom is 0.420 e. The molecule has 2 aromatic carbocycles. The van der Waals surface area contributed by atoms with Gasteiger partial charge in [-0.05, 0) is 67.7 Å². The lowest BCUT2D eigenvalue weighted by atomic mass is 9.77. The number of hydrogen-bond acceptors (Lipinski definition) is 1. The third kappa shape index (κ3) is 5.33. The van der Waals surface area contributed by atoms with Crippen LogP contribution in [0.1, 0.15) is 75.0 Å². The van der Waals surface area contributed by atoms with Crippen LogP contribution >= 0.6 is 0 Å². The Morgan fingerprint density at radius 1 is 0.765 bits per heavy atom. The summed E-state index contributed by atoms with van der Waals surface area (Å²) in [7, 11) is 0. The fourth-order valence-corrected chi connectivity index (χ4v) is 4.92. The summed E-state index contributed by atoms with van der Waals surface area (Å²) in [4.78, 5) is 0. The van der Waals surface area contributed by atoms with Crippen molar-refractivity contribution in [1.29, 1.82) is 0 Å². The Hall–Kier alpha value is -2.32. The lowest BCUT2D eigenvalue weighted by Crippen LogP contribution is -2.20. The van der Waals surface area contributed by atoms with Crippen molar-refractivity contribution >= 4 is 0 Å². The second kappa shape index (κ2) is 10.1. The number of alkyl halides is 6. The van der Waals surface area contributed by atoms with Crippen LogP contribution in [-0.2, 0) is 12.4 Å². The largest absolute Gasteiger partial charge is 0.493 e. The predicted molar refractivity (Wildman–Crippen MR) is 113 cm³/mol. The van der Waals surface area contributed by atoms with E-state index in [4.69, 9.17) is 4.74 Å². The monoisotopic (exact) mass is 494 g/mol. The van der Waals surface area contributed by atoms with E-state index >= 15 is 8.78 Å². The van der Waals surface area contributed by atoms with Gasteiger partial charge in [0.2, 0.25) is 0 Å². The molecule has 0 atom stereocenters. The van der Waals surface area contributed by atoms with E-state index < -0.39 is 52.0 Å². The highest BCUT2D eigenvalue weighted by Crippen LogP contribution is 2.50. The van der Waals surface area contributed by atoms with Crippen LogP contribution in [-0.4, -0.2) is 6.61 Å². The Balaban J connectivity index is 2.11. The van der Waals surface area contributed by atoms with Gasteiger partial charge in [-0.1, -0.05) is 31.9 Å². The van der Waals surface area contributed by atoms with Crippen LogP contribution in [0.15, 0.2) is 24.3 Å². The predicted octanol–water partition coefficient (Wildman–Crippen LogP) is 9.14. The van der Waals surface area contributed by atoms with Crippen molar-refractivity contribution in [2.75, 3.05) is 6.61 Å². The lowest BCUT2D eigenvalue weighted by Gasteiger charge is -2.29. The van der Waals surface area contributed by atoms with Crippen LogP contribution in [0.25, 0.3) is 11.1 Å². The molecule has 1 aliphatic rings. The van der Waals surface area contributed by atoms with Crippen LogP contribution in [0.3, 0.4) is 0 Å². The molecule has 0 bridgehead atoms. The highest BCUT2D eigenvalue weighted by molar-refractivity contribution is 5.73. The quantitative estimate of drug-likeness (QED) is 0.364. The Morgan fingerprint density at radius 2 is 1.35 bits per heavy atom. The van der Waals surface area contributed by atoms with Gasteiger partial charge in [0.15, 0.2) is 11.6 Å². The molecule has 34 heavy (non-hydrogen) atoms. The zero-order chi connectivity index (χ0) is 25.3. The standard InChI is InChI=1S/C25H26F8O/c1-3-5-14-6-8-15(9-7-14)16-10-11-18(23(27)22(16)26)17-12-13-19(34-4-2)21(25(31,32)33)20(17)24(28,29)30/h10-15H,3-9H2,1-2H3. The highest BCUT2D eigenvalue weighted by Gasteiger charge is 2.48. The van der Waals surface area contributed by atoms with Crippen LogP contribution in [0.2, 0.25) is 0 Å². The van der Waals surface area contributed by atoms with E-state index in [0.717, 1.165) is 31.7 Å². The van der Waals surface area contributed by atoms with Crippen LogP contribution in [0, 0.1) is 17.6 Å². The molecule has 1 nitrogen and oxygen atoms in total. The molecule has 188 valence electrons. The zero-order valence-electron chi connectivity index (χ0n) is 18.8. The minimum absolute atomic E-state index is 0.0479. The van der Waals surface area contributed by atoms with Gasteiger partial charge in [-0.2, -0.15) is 26.3 Å². The van der Waals surface area contributed by atoms with Crippen molar-refractivity contribution < 1.29 is 39.9 Å². The molecular weight excluding hydrogens is 468 g/mol. The van der Waals surface area contributed by atoms with E-state index in [1.807, 2.05) is 0 Å². The van der Waals surface area contributed by atoms with Crippen molar-refractivity contribution in [3.05, 3.63) is 52.6 Å². The fourth-order valence-electron chi connectivity index (χ4n) is 4.92. The molecule has 0 spiro atoms. The summed E-state index contributed by atoms with van der Waals surface area (Å²) in [5.41, 5.74) is -6.07. The summed E-state index contributed by atoms with van der Waals surface area (Å²) in [6.07, 6.45) is -5.94. The summed E-state index contributed by atoms with van der Waals surface area (Å²) in [5, 5.41) is 0. The number of ether oxygens (including phenoxy) is 1. The summed E-state index contributed by atoms with van der Waals surface area (Å²) in [6, 6.07) is 3.53. The molecule has 1 saturated carbocycles. The zero-order valence-corrected chi connectivity index (χ0v) is 18.8. The van der Waals surface area contributed by atoms with Gasteiger partial charge in [-0.15, -0.1) is 0 Å². The van der Waals surface area contributed by atoms with Gasteiger partial charge >= 0.3 is 12.4 Å². The first kappa shape index (κ1) is 26.3. The lowest BCUT2D eigenvalue weighted by molar-refractivity contribution is -0.162. The van der Waals surface area contributed by atoms with E-state index in [9.17, 15) is 26.3 Å². The average Bonchev–Trinajstić information content (AvgIpc) is 2.75. The Bertz CT molecular complexity index is 1000. The second-order valence-electron chi connectivity index (χ2n) is 8.63. The summed E-state index contributed by atoms with van der Waals surface area (Å²) in [6.45, 7) is 3.09. The molecule has 2 aromatic rings. The van der Waals surface area contributed by atoms with Crippen molar-refractivity contribution in [3.63, 3.8) is 0 Å². The molecule has 1 fully saturated rings. The van der Waals surface area contributed by atoms with Crippen molar-refractivity contribution in [2.24, 2.45) is 5.92 Å². The van der Waals surface area contributed by atoms with Gasteiger partial charge in [-0.25, -0.2) is 8.78 Å². The number of rotatable bonds is 6. The third-order valence-corrected chi connectivity index (χ3v) is 6.42. The molecule has 0 aromatic heterocycles. The SMILES string of the molecule is CCCC1CCC(c2ccc(-c3ccc(OCC)c(C(F)(F)F)c3C(F)(F)F)c(F)c2F)CC1.